The lowest BCUT2D eigenvalue weighted by Gasteiger charge is -2.28. The molecule has 1 aliphatic heterocycles. The van der Waals surface area contributed by atoms with Gasteiger partial charge in [0.1, 0.15) is 18.4 Å². The van der Waals surface area contributed by atoms with Gasteiger partial charge in [0.25, 0.3) is 0 Å². The molecule has 0 spiro atoms. The van der Waals surface area contributed by atoms with Crippen molar-refractivity contribution < 1.29 is 19.2 Å². The molecule has 0 bridgehead atoms. The van der Waals surface area contributed by atoms with Crippen LogP contribution in [-0.2, 0) is 4.74 Å². The summed E-state index contributed by atoms with van der Waals surface area (Å²) in [6, 6.07) is 2.68. The van der Waals surface area contributed by atoms with Gasteiger partial charge < -0.3 is 19.6 Å². The number of rotatable bonds is 4. The zero-order valence-corrected chi connectivity index (χ0v) is 13.3. The Bertz CT molecular complexity index is 624. The molecule has 2 heterocycles. The van der Waals surface area contributed by atoms with Crippen LogP contribution in [0.5, 0.6) is 5.75 Å². The lowest BCUT2D eigenvalue weighted by Crippen LogP contribution is -2.42. The Morgan fingerprint density at radius 3 is 2.91 bits per heavy atom. The molecule has 2 rings (SSSR count). The van der Waals surface area contributed by atoms with E-state index in [0.29, 0.717) is 6.54 Å². The van der Waals surface area contributed by atoms with Gasteiger partial charge in [-0.3, -0.25) is 4.90 Å². The van der Waals surface area contributed by atoms with E-state index in [0.717, 1.165) is 0 Å². The highest BCUT2D eigenvalue weighted by Crippen LogP contribution is 2.24. The minimum absolute atomic E-state index is 0.0712. The second-order valence-electron chi connectivity index (χ2n) is 6.02. The fourth-order valence-corrected chi connectivity index (χ4v) is 2.05. The summed E-state index contributed by atoms with van der Waals surface area (Å²) >= 11 is 0. The summed E-state index contributed by atoms with van der Waals surface area (Å²) in [6.07, 6.45) is 4.52. The van der Waals surface area contributed by atoms with Crippen molar-refractivity contribution in [1.29, 1.82) is 0 Å². The minimum atomic E-state index is -0.606. The van der Waals surface area contributed by atoms with Crippen LogP contribution >= 0.6 is 0 Å². The van der Waals surface area contributed by atoms with Crippen LogP contribution in [0.1, 0.15) is 20.8 Å². The number of carbonyl (C=O) groups excluding carboxylic acids is 1. The van der Waals surface area contributed by atoms with E-state index in [9.17, 15) is 14.9 Å². The summed E-state index contributed by atoms with van der Waals surface area (Å²) in [7, 11) is 0. The second-order valence-corrected chi connectivity index (χ2v) is 6.02. The predicted molar refractivity (Wildman–Crippen MR) is 82.3 cm³/mol. The standard InChI is InChI=1S/C15H19N3O5/c1-15(2,3)23-14(19)17-9-5-6-11(17)10-22-12-7-4-8-16-13(12)18(20)21/h4-8,11H,9-10H2,1-3H3/t11-/m0/s1. The average molecular weight is 321 g/mol. The first-order valence-corrected chi connectivity index (χ1v) is 7.16. The normalized spacial score (nSPS) is 17.2. The van der Waals surface area contributed by atoms with Crippen molar-refractivity contribution in [3.05, 3.63) is 40.6 Å². The van der Waals surface area contributed by atoms with Crippen molar-refractivity contribution in [2.75, 3.05) is 13.2 Å². The van der Waals surface area contributed by atoms with Gasteiger partial charge in [0.05, 0.1) is 6.04 Å². The maximum Gasteiger partial charge on any atom is 0.411 e. The van der Waals surface area contributed by atoms with E-state index in [1.165, 1.54) is 17.2 Å². The second kappa shape index (κ2) is 6.64. The van der Waals surface area contributed by atoms with E-state index >= 15 is 0 Å². The fraction of sp³-hybridized carbons (Fsp3) is 0.467. The Labute approximate surface area is 133 Å². The molecule has 8 nitrogen and oxygen atoms in total. The third-order valence-corrected chi connectivity index (χ3v) is 3.02. The lowest BCUT2D eigenvalue weighted by atomic mass is 10.2. The largest absolute Gasteiger partial charge is 0.483 e. The molecule has 0 aromatic carbocycles. The zero-order chi connectivity index (χ0) is 17.0. The Kier molecular flexibility index (Phi) is 4.83. The number of nitrogens with zero attached hydrogens (tertiary/aromatic N) is 3. The maximum atomic E-state index is 12.1. The molecule has 0 unspecified atom stereocenters. The molecule has 8 heteroatoms. The van der Waals surface area contributed by atoms with Gasteiger partial charge in [-0.1, -0.05) is 12.2 Å². The van der Waals surface area contributed by atoms with Gasteiger partial charge in [-0.05, 0) is 42.8 Å². The summed E-state index contributed by atoms with van der Waals surface area (Å²) in [4.78, 5) is 27.6. The monoisotopic (exact) mass is 321 g/mol. The highest BCUT2D eigenvalue weighted by atomic mass is 16.6. The predicted octanol–water partition coefficient (Wildman–Crippen LogP) is 2.54. The maximum absolute atomic E-state index is 12.1. The Balaban J connectivity index is 2.01. The number of nitro groups is 1. The van der Waals surface area contributed by atoms with Crippen LogP contribution in [0.3, 0.4) is 0 Å². The topological polar surface area (TPSA) is 94.8 Å². The minimum Gasteiger partial charge on any atom is -0.483 e. The number of aromatic nitrogens is 1. The van der Waals surface area contributed by atoms with Crippen LogP contribution in [0.25, 0.3) is 0 Å². The molecule has 0 saturated heterocycles. The first kappa shape index (κ1) is 16.7. The lowest BCUT2D eigenvalue weighted by molar-refractivity contribution is -0.390. The van der Waals surface area contributed by atoms with Crippen LogP contribution in [0.2, 0.25) is 0 Å². The average Bonchev–Trinajstić information content (AvgIpc) is 2.92. The zero-order valence-electron chi connectivity index (χ0n) is 13.3. The smallest absolute Gasteiger partial charge is 0.411 e. The molecule has 0 aliphatic carbocycles. The Morgan fingerprint density at radius 1 is 1.52 bits per heavy atom. The van der Waals surface area contributed by atoms with Gasteiger partial charge in [-0.15, -0.1) is 0 Å². The van der Waals surface area contributed by atoms with E-state index in [2.05, 4.69) is 4.98 Å². The molecule has 0 saturated carbocycles. The van der Waals surface area contributed by atoms with E-state index in [1.54, 1.807) is 26.8 Å². The van der Waals surface area contributed by atoms with Gasteiger partial charge in [0.2, 0.25) is 5.75 Å². The Morgan fingerprint density at radius 2 is 2.26 bits per heavy atom. The number of carbonyl (C=O) groups is 1. The Hall–Kier alpha value is -2.64. The molecule has 23 heavy (non-hydrogen) atoms. The van der Waals surface area contributed by atoms with Crippen molar-refractivity contribution >= 4 is 11.9 Å². The molecule has 124 valence electrons. The first-order valence-electron chi connectivity index (χ1n) is 7.16. The van der Waals surface area contributed by atoms with Crippen LogP contribution in [0.4, 0.5) is 10.6 Å². The molecule has 1 aromatic heterocycles. The van der Waals surface area contributed by atoms with E-state index in [-0.39, 0.29) is 24.2 Å². The number of hydrogen-bond donors (Lipinski definition) is 0. The molecular formula is C15H19N3O5. The van der Waals surface area contributed by atoms with Gasteiger partial charge >= 0.3 is 11.9 Å². The van der Waals surface area contributed by atoms with E-state index < -0.39 is 16.6 Å². The number of ether oxygens (including phenoxy) is 2. The number of hydrogen-bond acceptors (Lipinski definition) is 6. The van der Waals surface area contributed by atoms with Crippen molar-refractivity contribution in [2.24, 2.45) is 0 Å². The molecule has 1 atom stereocenters. The summed E-state index contributed by atoms with van der Waals surface area (Å²) < 4.78 is 10.8. The van der Waals surface area contributed by atoms with E-state index in [4.69, 9.17) is 9.47 Å². The van der Waals surface area contributed by atoms with Crippen LogP contribution in [0, 0.1) is 10.1 Å². The van der Waals surface area contributed by atoms with Crippen LogP contribution < -0.4 is 4.74 Å². The highest BCUT2D eigenvalue weighted by Gasteiger charge is 2.30. The van der Waals surface area contributed by atoms with Crippen LogP contribution in [-0.4, -0.2) is 45.7 Å². The number of pyridine rings is 1. The molecule has 1 aliphatic rings. The van der Waals surface area contributed by atoms with Gasteiger partial charge in [0, 0.05) is 6.54 Å². The van der Waals surface area contributed by atoms with Crippen molar-refractivity contribution in [1.82, 2.24) is 9.88 Å². The van der Waals surface area contributed by atoms with Crippen molar-refractivity contribution in [3.63, 3.8) is 0 Å². The molecule has 0 fully saturated rings. The quantitative estimate of drug-likeness (QED) is 0.480. The number of amides is 1. The first-order chi connectivity index (χ1) is 10.8. The van der Waals surface area contributed by atoms with Gasteiger partial charge in [-0.2, -0.15) is 0 Å². The SMILES string of the molecule is CC(C)(C)OC(=O)N1CC=C[C@H]1COc1cccnc1[N+](=O)[O-]. The summed E-state index contributed by atoms with van der Waals surface area (Å²) in [5.41, 5.74) is -0.590. The third kappa shape index (κ3) is 4.41. The van der Waals surface area contributed by atoms with Crippen molar-refractivity contribution in [3.8, 4) is 5.75 Å². The fourth-order valence-electron chi connectivity index (χ4n) is 2.05. The van der Waals surface area contributed by atoms with E-state index in [1.807, 2.05) is 12.2 Å². The third-order valence-electron chi connectivity index (χ3n) is 3.02. The van der Waals surface area contributed by atoms with Gasteiger partial charge in [0.15, 0.2) is 0 Å². The van der Waals surface area contributed by atoms with Gasteiger partial charge in [-0.25, -0.2) is 4.79 Å². The molecule has 1 aromatic rings. The summed E-state index contributed by atoms with van der Waals surface area (Å²) in [6.45, 7) is 5.87. The molecule has 1 amide bonds. The summed E-state index contributed by atoms with van der Waals surface area (Å²) in [5.74, 6) is -0.278. The molecule has 0 radical (unpaired) electrons. The van der Waals surface area contributed by atoms with Crippen molar-refractivity contribution in [2.45, 2.75) is 32.4 Å². The molecular weight excluding hydrogens is 302 g/mol. The highest BCUT2D eigenvalue weighted by molar-refractivity contribution is 5.69. The summed E-state index contributed by atoms with van der Waals surface area (Å²) in [5, 5.41) is 10.9. The van der Waals surface area contributed by atoms with Crippen LogP contribution in [0.15, 0.2) is 30.5 Å². The molecule has 0 N–H and O–H groups in total.